The normalized spacial score (nSPS) is 15.2. The number of amides is 3. The molecule has 0 spiro atoms. The van der Waals surface area contributed by atoms with Crippen molar-refractivity contribution in [2.24, 2.45) is 0 Å². The first-order chi connectivity index (χ1) is 12.7. The molecule has 1 aliphatic rings. The number of fused-ring (bicyclic) bond motifs is 1. The monoisotopic (exact) mass is 351 g/mol. The molecule has 3 N–H and O–H groups in total. The van der Waals surface area contributed by atoms with Gasteiger partial charge < -0.3 is 20.7 Å². The van der Waals surface area contributed by atoms with E-state index in [1.54, 1.807) is 30.3 Å². The van der Waals surface area contributed by atoms with Crippen LogP contribution in [0.1, 0.15) is 28.4 Å². The Morgan fingerprint density at radius 3 is 2.69 bits per heavy atom. The zero-order valence-electron chi connectivity index (χ0n) is 14.3. The summed E-state index contributed by atoms with van der Waals surface area (Å²) in [5.74, 6) is 0.624. The molecule has 0 saturated carbocycles. The molecule has 26 heavy (non-hydrogen) atoms. The summed E-state index contributed by atoms with van der Waals surface area (Å²) in [6.07, 6.45) is 2.33. The maximum Gasteiger partial charge on any atom is 0.319 e. The fraction of sp³-hybridized carbons (Fsp3) is 0.200. The standard InChI is InChI=1S/C20H21N3O3/c1-2-12-21-19(24)14-7-9-15(10-8-14)22-20(25)23-17-11-13-26-18-6-4-3-5-16(17)18/h2-10,17H,1,11-13H2,(H,21,24)(H2,22,23,25)/t17-/m0/s1. The van der Waals surface area contributed by atoms with E-state index in [9.17, 15) is 9.59 Å². The van der Waals surface area contributed by atoms with E-state index >= 15 is 0 Å². The Morgan fingerprint density at radius 2 is 1.92 bits per heavy atom. The summed E-state index contributed by atoms with van der Waals surface area (Å²) in [7, 11) is 0. The molecule has 1 heterocycles. The van der Waals surface area contributed by atoms with E-state index in [0.717, 1.165) is 11.3 Å². The molecule has 2 aromatic carbocycles. The predicted octanol–water partition coefficient (Wildman–Crippen LogP) is 3.25. The molecule has 3 amide bonds. The molecule has 134 valence electrons. The SMILES string of the molecule is C=CCNC(=O)c1ccc(NC(=O)N[C@H]2CCOc3ccccc32)cc1. The Bertz CT molecular complexity index is 802. The van der Waals surface area contributed by atoms with Crippen molar-refractivity contribution in [3.8, 4) is 5.75 Å². The van der Waals surface area contributed by atoms with Gasteiger partial charge in [-0.3, -0.25) is 4.79 Å². The summed E-state index contributed by atoms with van der Waals surface area (Å²) in [6, 6.07) is 14.0. The number of carbonyl (C=O) groups excluding carboxylic acids is 2. The molecular formula is C20H21N3O3. The lowest BCUT2D eigenvalue weighted by atomic mass is 10.0. The predicted molar refractivity (Wildman–Crippen MR) is 100 cm³/mol. The van der Waals surface area contributed by atoms with E-state index in [4.69, 9.17) is 4.74 Å². The van der Waals surface area contributed by atoms with Gasteiger partial charge in [0.2, 0.25) is 0 Å². The van der Waals surface area contributed by atoms with Crippen LogP contribution in [0.3, 0.4) is 0 Å². The third kappa shape index (κ3) is 4.22. The molecule has 0 unspecified atom stereocenters. The molecular weight excluding hydrogens is 330 g/mol. The molecule has 1 aliphatic heterocycles. The lowest BCUT2D eigenvalue weighted by Crippen LogP contribution is -2.35. The molecule has 0 aromatic heterocycles. The number of carbonyl (C=O) groups is 2. The van der Waals surface area contributed by atoms with Gasteiger partial charge in [-0.15, -0.1) is 6.58 Å². The zero-order chi connectivity index (χ0) is 18.4. The number of urea groups is 1. The molecule has 0 fully saturated rings. The minimum absolute atomic E-state index is 0.0936. The molecule has 6 heteroatoms. The van der Waals surface area contributed by atoms with Crippen molar-refractivity contribution in [3.63, 3.8) is 0 Å². The zero-order valence-corrected chi connectivity index (χ0v) is 14.3. The van der Waals surface area contributed by atoms with E-state index < -0.39 is 0 Å². The summed E-state index contributed by atoms with van der Waals surface area (Å²) in [5.41, 5.74) is 2.11. The summed E-state index contributed by atoms with van der Waals surface area (Å²) >= 11 is 0. The highest BCUT2D eigenvalue weighted by Crippen LogP contribution is 2.31. The highest BCUT2D eigenvalue weighted by molar-refractivity contribution is 5.95. The van der Waals surface area contributed by atoms with E-state index in [-0.39, 0.29) is 18.0 Å². The van der Waals surface area contributed by atoms with Crippen LogP contribution in [-0.4, -0.2) is 25.1 Å². The Hall–Kier alpha value is -3.28. The van der Waals surface area contributed by atoms with Crippen LogP contribution < -0.4 is 20.7 Å². The summed E-state index contributed by atoms with van der Waals surface area (Å²) in [6.45, 7) is 4.53. The van der Waals surface area contributed by atoms with Gasteiger partial charge in [0, 0.05) is 29.8 Å². The van der Waals surface area contributed by atoms with Crippen molar-refractivity contribution >= 4 is 17.6 Å². The van der Waals surface area contributed by atoms with Crippen LogP contribution in [0.25, 0.3) is 0 Å². The fourth-order valence-corrected chi connectivity index (χ4v) is 2.79. The lowest BCUT2D eigenvalue weighted by molar-refractivity contribution is 0.0958. The third-order valence-corrected chi connectivity index (χ3v) is 4.08. The second kappa shape index (κ2) is 8.20. The van der Waals surface area contributed by atoms with Crippen molar-refractivity contribution in [1.82, 2.24) is 10.6 Å². The van der Waals surface area contributed by atoms with Gasteiger partial charge in [0.25, 0.3) is 5.91 Å². The first-order valence-corrected chi connectivity index (χ1v) is 8.46. The second-order valence-electron chi connectivity index (χ2n) is 5.90. The molecule has 0 saturated heterocycles. The van der Waals surface area contributed by atoms with Crippen molar-refractivity contribution in [2.45, 2.75) is 12.5 Å². The molecule has 3 rings (SSSR count). The topological polar surface area (TPSA) is 79.5 Å². The van der Waals surface area contributed by atoms with E-state index in [0.29, 0.717) is 30.8 Å². The Morgan fingerprint density at radius 1 is 1.15 bits per heavy atom. The minimum Gasteiger partial charge on any atom is -0.493 e. The largest absolute Gasteiger partial charge is 0.493 e. The van der Waals surface area contributed by atoms with Crippen LogP contribution in [0.2, 0.25) is 0 Å². The molecule has 0 radical (unpaired) electrons. The van der Waals surface area contributed by atoms with Gasteiger partial charge in [-0.05, 0) is 30.3 Å². The van der Waals surface area contributed by atoms with E-state index in [2.05, 4.69) is 22.5 Å². The number of rotatable bonds is 5. The number of hydrogen-bond acceptors (Lipinski definition) is 3. The first-order valence-electron chi connectivity index (χ1n) is 8.46. The van der Waals surface area contributed by atoms with Gasteiger partial charge in [0.15, 0.2) is 0 Å². The minimum atomic E-state index is -0.296. The maximum atomic E-state index is 12.3. The smallest absolute Gasteiger partial charge is 0.319 e. The molecule has 6 nitrogen and oxygen atoms in total. The van der Waals surface area contributed by atoms with Gasteiger partial charge in [0.1, 0.15) is 5.75 Å². The van der Waals surface area contributed by atoms with Gasteiger partial charge >= 0.3 is 6.03 Å². The maximum absolute atomic E-state index is 12.3. The van der Waals surface area contributed by atoms with Gasteiger partial charge in [-0.2, -0.15) is 0 Å². The average molecular weight is 351 g/mol. The van der Waals surface area contributed by atoms with E-state index in [1.807, 2.05) is 24.3 Å². The quantitative estimate of drug-likeness (QED) is 0.724. The van der Waals surface area contributed by atoms with E-state index in [1.165, 1.54) is 0 Å². The summed E-state index contributed by atoms with van der Waals surface area (Å²) < 4.78 is 5.60. The molecule has 1 atom stereocenters. The Labute approximate surface area is 152 Å². The first kappa shape index (κ1) is 17.5. The number of para-hydroxylation sites is 1. The van der Waals surface area contributed by atoms with Crippen molar-refractivity contribution < 1.29 is 14.3 Å². The van der Waals surface area contributed by atoms with Crippen LogP contribution in [0, 0.1) is 0 Å². The van der Waals surface area contributed by atoms with Gasteiger partial charge in [-0.25, -0.2) is 4.79 Å². The van der Waals surface area contributed by atoms with Crippen LogP contribution in [0.5, 0.6) is 5.75 Å². The summed E-state index contributed by atoms with van der Waals surface area (Å²) in [5, 5.41) is 8.46. The number of hydrogen-bond donors (Lipinski definition) is 3. The molecule has 0 aliphatic carbocycles. The van der Waals surface area contributed by atoms with Crippen LogP contribution in [-0.2, 0) is 0 Å². The number of nitrogens with one attached hydrogen (secondary N) is 3. The van der Waals surface area contributed by atoms with Crippen molar-refractivity contribution in [2.75, 3.05) is 18.5 Å². The van der Waals surface area contributed by atoms with Gasteiger partial charge in [0.05, 0.1) is 12.6 Å². The van der Waals surface area contributed by atoms with Crippen LogP contribution >= 0.6 is 0 Å². The molecule has 0 bridgehead atoms. The summed E-state index contributed by atoms with van der Waals surface area (Å²) in [4.78, 5) is 24.1. The second-order valence-corrected chi connectivity index (χ2v) is 5.90. The number of benzene rings is 2. The third-order valence-electron chi connectivity index (χ3n) is 4.08. The Kier molecular flexibility index (Phi) is 5.53. The van der Waals surface area contributed by atoms with Crippen LogP contribution in [0.4, 0.5) is 10.5 Å². The van der Waals surface area contributed by atoms with Crippen LogP contribution in [0.15, 0.2) is 61.2 Å². The van der Waals surface area contributed by atoms with Crippen molar-refractivity contribution in [3.05, 3.63) is 72.3 Å². The Balaban J connectivity index is 1.59. The highest BCUT2D eigenvalue weighted by atomic mass is 16.5. The highest BCUT2D eigenvalue weighted by Gasteiger charge is 2.22. The fourth-order valence-electron chi connectivity index (χ4n) is 2.79. The molecule has 2 aromatic rings. The average Bonchev–Trinajstić information content (AvgIpc) is 2.67. The number of anilines is 1. The van der Waals surface area contributed by atoms with Gasteiger partial charge in [-0.1, -0.05) is 24.3 Å². The van der Waals surface area contributed by atoms with Crippen molar-refractivity contribution in [1.29, 1.82) is 0 Å². The number of ether oxygens (including phenoxy) is 1. The lowest BCUT2D eigenvalue weighted by Gasteiger charge is -2.26.